The fourth-order valence-corrected chi connectivity index (χ4v) is 4.14. The van der Waals surface area contributed by atoms with Gasteiger partial charge in [0.15, 0.2) is 11.5 Å². The maximum absolute atomic E-state index is 13.3. The maximum Gasteiger partial charge on any atom is 0.282 e. The van der Waals surface area contributed by atoms with Crippen LogP contribution in [-0.4, -0.2) is 28.6 Å². The fourth-order valence-electron chi connectivity index (χ4n) is 3.23. The molecule has 0 fully saturated rings. The molecule has 0 radical (unpaired) electrons. The van der Waals surface area contributed by atoms with Gasteiger partial charge in [-0.2, -0.15) is 9.78 Å². The van der Waals surface area contributed by atoms with E-state index in [2.05, 4.69) is 50.8 Å². The van der Waals surface area contributed by atoms with Crippen molar-refractivity contribution in [2.75, 3.05) is 6.61 Å². The summed E-state index contributed by atoms with van der Waals surface area (Å²) in [5, 5.41) is 5.07. The first-order chi connectivity index (χ1) is 15.8. The molecule has 3 rings (SSSR count). The predicted molar refractivity (Wildman–Crippen MR) is 141 cm³/mol. The van der Waals surface area contributed by atoms with Gasteiger partial charge in [-0.25, -0.2) is 4.98 Å². The zero-order valence-electron chi connectivity index (χ0n) is 19.6. The number of rotatable bonds is 9. The summed E-state index contributed by atoms with van der Waals surface area (Å²) in [4.78, 5) is 18.1. The first-order valence-corrected chi connectivity index (χ1v) is 12.8. The van der Waals surface area contributed by atoms with Crippen LogP contribution in [0.3, 0.4) is 0 Å². The van der Waals surface area contributed by atoms with E-state index in [4.69, 9.17) is 14.5 Å². The zero-order valence-corrected chi connectivity index (χ0v) is 22.7. The summed E-state index contributed by atoms with van der Waals surface area (Å²) >= 11 is 7.05. The molecule has 0 N–H and O–H groups in total. The molecule has 0 aliphatic carbocycles. The molecule has 176 valence electrons. The molecule has 0 bridgehead atoms. The van der Waals surface area contributed by atoms with Crippen LogP contribution in [0.5, 0.6) is 11.5 Å². The highest BCUT2D eigenvalue weighted by molar-refractivity contribution is 9.10. The Labute approximate surface area is 211 Å². The Bertz CT molecular complexity index is 1220. The Morgan fingerprint density at radius 1 is 1.12 bits per heavy atom. The monoisotopic (exact) mass is 577 g/mol. The van der Waals surface area contributed by atoms with E-state index >= 15 is 0 Å². The fraction of sp³-hybridized carbons (Fsp3) is 0.400. The van der Waals surface area contributed by atoms with Crippen LogP contribution in [-0.2, 0) is 0 Å². The van der Waals surface area contributed by atoms with Crippen LogP contribution in [0.4, 0.5) is 0 Å². The van der Waals surface area contributed by atoms with E-state index in [-0.39, 0.29) is 17.6 Å². The molecular weight excluding hydrogens is 550 g/mol. The second-order valence-electron chi connectivity index (χ2n) is 7.90. The summed E-state index contributed by atoms with van der Waals surface area (Å²) in [6, 6.07) is 9.29. The van der Waals surface area contributed by atoms with Gasteiger partial charge in [-0.3, -0.25) is 4.79 Å². The normalized spacial score (nSPS) is 13.4. The van der Waals surface area contributed by atoms with Crippen LogP contribution in [0, 0.1) is 0 Å². The molecule has 0 aliphatic heterocycles. The highest BCUT2D eigenvalue weighted by atomic mass is 79.9. The topological polar surface area (TPSA) is 65.7 Å². The molecule has 0 spiro atoms. The van der Waals surface area contributed by atoms with Crippen molar-refractivity contribution in [3.8, 4) is 11.5 Å². The van der Waals surface area contributed by atoms with Gasteiger partial charge in [0, 0.05) is 10.4 Å². The summed E-state index contributed by atoms with van der Waals surface area (Å²) in [6.45, 7) is 10.6. The van der Waals surface area contributed by atoms with Gasteiger partial charge in [0.1, 0.15) is 5.82 Å². The molecule has 2 atom stereocenters. The number of aromatic nitrogens is 2. The Balaban J connectivity index is 2.11. The van der Waals surface area contributed by atoms with E-state index < -0.39 is 0 Å². The molecule has 1 heterocycles. The van der Waals surface area contributed by atoms with Crippen LogP contribution in [0.1, 0.15) is 64.8 Å². The second-order valence-corrected chi connectivity index (χ2v) is 9.67. The van der Waals surface area contributed by atoms with E-state index in [1.54, 1.807) is 12.3 Å². The zero-order chi connectivity index (χ0) is 24.1. The lowest BCUT2D eigenvalue weighted by atomic mass is 10.1. The third-order valence-corrected chi connectivity index (χ3v) is 6.52. The Hall–Kier alpha value is -2.19. The molecule has 2 aromatic carbocycles. The first kappa shape index (κ1) is 25.4. The van der Waals surface area contributed by atoms with Crippen molar-refractivity contribution in [1.29, 1.82) is 0 Å². The van der Waals surface area contributed by atoms with Crippen molar-refractivity contribution < 1.29 is 9.47 Å². The van der Waals surface area contributed by atoms with E-state index in [0.29, 0.717) is 34.8 Å². The molecule has 6 nitrogen and oxygen atoms in total. The van der Waals surface area contributed by atoms with Crippen LogP contribution in [0.25, 0.3) is 10.9 Å². The Morgan fingerprint density at radius 2 is 1.88 bits per heavy atom. The molecule has 3 aromatic rings. The van der Waals surface area contributed by atoms with Crippen molar-refractivity contribution in [3.63, 3.8) is 0 Å². The van der Waals surface area contributed by atoms with Crippen LogP contribution >= 0.6 is 31.9 Å². The minimum absolute atomic E-state index is 0.0553. The van der Waals surface area contributed by atoms with Crippen molar-refractivity contribution in [2.45, 2.75) is 59.5 Å². The summed E-state index contributed by atoms with van der Waals surface area (Å²) in [5.41, 5.74) is 1.24. The first-order valence-electron chi connectivity index (χ1n) is 11.2. The number of benzene rings is 2. The van der Waals surface area contributed by atoms with Gasteiger partial charge in [0.2, 0.25) is 0 Å². The van der Waals surface area contributed by atoms with Crippen molar-refractivity contribution in [2.24, 2.45) is 5.10 Å². The minimum Gasteiger partial charge on any atom is -0.490 e. The van der Waals surface area contributed by atoms with Gasteiger partial charge in [-0.15, -0.1) is 0 Å². The van der Waals surface area contributed by atoms with E-state index in [1.807, 2.05) is 45.0 Å². The van der Waals surface area contributed by atoms with Crippen molar-refractivity contribution in [3.05, 3.63) is 61.0 Å². The minimum atomic E-state index is -0.200. The number of hydrogen-bond acceptors (Lipinski definition) is 5. The smallest absolute Gasteiger partial charge is 0.282 e. The van der Waals surface area contributed by atoms with Gasteiger partial charge >= 0.3 is 0 Å². The predicted octanol–water partition coefficient (Wildman–Crippen LogP) is 6.89. The maximum atomic E-state index is 13.3. The van der Waals surface area contributed by atoms with Crippen LogP contribution in [0.2, 0.25) is 0 Å². The van der Waals surface area contributed by atoms with E-state index in [1.165, 1.54) is 4.68 Å². The van der Waals surface area contributed by atoms with Gasteiger partial charge < -0.3 is 9.47 Å². The molecule has 0 amide bonds. The van der Waals surface area contributed by atoms with Crippen LogP contribution < -0.4 is 15.0 Å². The van der Waals surface area contributed by atoms with Gasteiger partial charge in [0.05, 0.1) is 34.3 Å². The lowest BCUT2D eigenvalue weighted by molar-refractivity contribution is 0.202. The number of fused-ring (bicyclic) bond motifs is 1. The quantitative estimate of drug-likeness (QED) is 0.259. The summed E-state index contributed by atoms with van der Waals surface area (Å²) in [6.07, 6.45) is 3.43. The third-order valence-electron chi connectivity index (χ3n) is 5.43. The van der Waals surface area contributed by atoms with Crippen molar-refractivity contribution >= 4 is 49.0 Å². The van der Waals surface area contributed by atoms with Gasteiger partial charge in [-0.1, -0.05) is 36.7 Å². The lowest BCUT2D eigenvalue weighted by Crippen LogP contribution is -2.23. The SMILES string of the molecule is CCOc1cc(C=Nn2c([C@H](C)CC)nc3ccc(Br)cc3c2=O)cc(Br)c1O[C@H](C)CC. The summed E-state index contributed by atoms with van der Waals surface area (Å²) < 4.78 is 14.9. The number of hydrogen-bond donors (Lipinski definition) is 0. The van der Waals surface area contributed by atoms with E-state index in [0.717, 1.165) is 27.4 Å². The number of nitrogens with zero attached hydrogens (tertiary/aromatic N) is 3. The molecule has 0 unspecified atom stereocenters. The van der Waals surface area contributed by atoms with Gasteiger partial charge in [-0.05, 0) is 78.5 Å². The Morgan fingerprint density at radius 3 is 2.55 bits per heavy atom. The standard InChI is InChI=1S/C25H29Br2N3O3/c1-6-15(4)24-29-21-10-9-18(26)13-19(21)25(31)30(24)28-14-17-11-20(27)23(33-16(5)7-2)22(12-17)32-8-3/h9-16H,6-8H2,1-5H3/t15-,16-/m1/s1. The van der Waals surface area contributed by atoms with Crippen LogP contribution in [0.15, 0.2) is 49.2 Å². The molecule has 0 saturated heterocycles. The molecule has 33 heavy (non-hydrogen) atoms. The molecular formula is C25H29Br2N3O3. The largest absolute Gasteiger partial charge is 0.490 e. The highest BCUT2D eigenvalue weighted by Gasteiger charge is 2.17. The number of ether oxygens (including phenoxy) is 2. The average Bonchev–Trinajstić information content (AvgIpc) is 2.80. The lowest BCUT2D eigenvalue weighted by Gasteiger charge is -2.18. The third kappa shape index (κ3) is 5.84. The molecule has 0 aliphatic rings. The molecule has 1 aromatic heterocycles. The second kappa shape index (κ2) is 11.3. The average molecular weight is 579 g/mol. The Kier molecular flexibility index (Phi) is 8.70. The summed E-state index contributed by atoms with van der Waals surface area (Å²) in [7, 11) is 0. The highest BCUT2D eigenvalue weighted by Crippen LogP contribution is 2.37. The van der Waals surface area contributed by atoms with E-state index in [9.17, 15) is 4.79 Å². The van der Waals surface area contributed by atoms with Gasteiger partial charge in [0.25, 0.3) is 5.56 Å². The molecule has 0 saturated carbocycles. The molecule has 8 heteroatoms. The summed E-state index contributed by atoms with van der Waals surface area (Å²) in [5.74, 6) is 2.00. The van der Waals surface area contributed by atoms with Crippen molar-refractivity contribution in [1.82, 2.24) is 9.66 Å². The number of halogens is 2.